The van der Waals surface area contributed by atoms with Gasteiger partial charge in [0.1, 0.15) is 0 Å². The molecule has 0 radical (unpaired) electrons. The van der Waals surface area contributed by atoms with E-state index in [1.54, 1.807) is 0 Å². The molecule has 0 spiro atoms. The highest BCUT2D eigenvalue weighted by Crippen LogP contribution is 2.22. The summed E-state index contributed by atoms with van der Waals surface area (Å²) in [5, 5.41) is 12.4. The number of benzene rings is 1. The normalized spacial score (nSPS) is 16.6. The minimum Gasteiger partial charge on any atom is -0.357 e. The minimum absolute atomic E-state index is 0. The molecule has 0 bridgehead atoms. The summed E-state index contributed by atoms with van der Waals surface area (Å²) >= 11 is 6.24. The van der Waals surface area contributed by atoms with Crippen LogP contribution in [0.2, 0.25) is 5.02 Å². The van der Waals surface area contributed by atoms with Crippen molar-refractivity contribution in [2.75, 3.05) is 6.54 Å². The molecule has 0 saturated heterocycles. The van der Waals surface area contributed by atoms with E-state index < -0.39 is 0 Å². The van der Waals surface area contributed by atoms with Gasteiger partial charge in [0.05, 0.1) is 12.2 Å². The van der Waals surface area contributed by atoms with Crippen molar-refractivity contribution in [2.24, 2.45) is 4.99 Å². The van der Waals surface area contributed by atoms with Crippen LogP contribution in [0.15, 0.2) is 35.5 Å². The minimum atomic E-state index is 0. The van der Waals surface area contributed by atoms with E-state index in [0.29, 0.717) is 18.6 Å². The first-order valence-electron chi connectivity index (χ1n) is 9.42. The van der Waals surface area contributed by atoms with E-state index in [9.17, 15) is 0 Å². The number of guanidine groups is 1. The summed E-state index contributed by atoms with van der Waals surface area (Å²) in [6.07, 6.45) is 5.29. The van der Waals surface area contributed by atoms with E-state index in [4.69, 9.17) is 21.7 Å². The van der Waals surface area contributed by atoms with Gasteiger partial charge in [0.2, 0.25) is 0 Å². The van der Waals surface area contributed by atoms with Crippen molar-refractivity contribution in [3.05, 3.63) is 52.3 Å². The zero-order chi connectivity index (χ0) is 18.5. The lowest BCUT2D eigenvalue weighted by Gasteiger charge is -2.24. The standard InChI is InChI=1S/C20H28ClN5.HI/c1-4-22-20(23-12-15-7-5-6-8-18(15)21)24-17-10-9-16-13-26(14(2)3)25-19(16)11-17;/h5-8,13-14,17H,4,9-12H2,1-3H3,(H2,22,23,24);1H. The zero-order valence-electron chi connectivity index (χ0n) is 16.2. The fourth-order valence-electron chi connectivity index (χ4n) is 3.20. The van der Waals surface area contributed by atoms with Crippen LogP contribution < -0.4 is 10.6 Å². The zero-order valence-corrected chi connectivity index (χ0v) is 19.3. The second-order valence-electron chi connectivity index (χ2n) is 7.05. The molecule has 2 N–H and O–H groups in total. The van der Waals surface area contributed by atoms with Gasteiger partial charge in [0, 0.05) is 36.3 Å². The van der Waals surface area contributed by atoms with Crippen molar-refractivity contribution >= 4 is 41.5 Å². The number of aryl methyl sites for hydroxylation is 1. The Kier molecular flexibility index (Phi) is 8.41. The SMILES string of the molecule is CCNC(=NCc1ccccc1Cl)NC1CCc2cn(C(C)C)nc2C1.I. The number of nitrogens with one attached hydrogen (secondary N) is 2. The van der Waals surface area contributed by atoms with Gasteiger partial charge >= 0.3 is 0 Å². The average molecular weight is 502 g/mol. The van der Waals surface area contributed by atoms with E-state index in [1.165, 1.54) is 11.3 Å². The largest absolute Gasteiger partial charge is 0.357 e. The molecule has 1 heterocycles. The predicted molar refractivity (Wildman–Crippen MR) is 123 cm³/mol. The van der Waals surface area contributed by atoms with Crippen LogP contribution in [-0.4, -0.2) is 28.3 Å². The lowest BCUT2D eigenvalue weighted by Crippen LogP contribution is -2.45. The summed E-state index contributed by atoms with van der Waals surface area (Å²) in [5.41, 5.74) is 3.63. The molecule has 5 nitrogen and oxygen atoms in total. The molecule has 148 valence electrons. The van der Waals surface area contributed by atoms with E-state index in [0.717, 1.165) is 42.4 Å². The Bertz CT molecular complexity index is 771. The second kappa shape index (κ2) is 10.3. The molecule has 0 saturated carbocycles. The van der Waals surface area contributed by atoms with Crippen molar-refractivity contribution in [2.45, 2.75) is 58.7 Å². The molecule has 1 unspecified atom stereocenters. The van der Waals surface area contributed by atoms with E-state index >= 15 is 0 Å². The predicted octanol–water partition coefficient (Wildman–Crippen LogP) is 4.35. The van der Waals surface area contributed by atoms with Crippen LogP contribution in [0.3, 0.4) is 0 Å². The highest BCUT2D eigenvalue weighted by atomic mass is 127. The molecular formula is C20H29ClIN5. The first kappa shape index (κ1) is 22.0. The van der Waals surface area contributed by atoms with Gasteiger partial charge in [-0.2, -0.15) is 5.10 Å². The molecule has 1 aromatic carbocycles. The van der Waals surface area contributed by atoms with Crippen LogP contribution in [0.25, 0.3) is 0 Å². The van der Waals surface area contributed by atoms with Crippen LogP contribution in [0.4, 0.5) is 0 Å². The van der Waals surface area contributed by atoms with Gasteiger partial charge in [-0.1, -0.05) is 29.8 Å². The molecule has 0 aliphatic heterocycles. The molecule has 2 aromatic rings. The van der Waals surface area contributed by atoms with Crippen LogP contribution in [0.5, 0.6) is 0 Å². The molecular weight excluding hydrogens is 473 g/mol. The Balaban J connectivity index is 0.00000261. The fraction of sp³-hybridized carbons (Fsp3) is 0.500. The van der Waals surface area contributed by atoms with Crippen LogP contribution >= 0.6 is 35.6 Å². The Morgan fingerprint density at radius 1 is 1.37 bits per heavy atom. The van der Waals surface area contributed by atoms with E-state index in [1.807, 2.05) is 24.3 Å². The number of hydrogen-bond acceptors (Lipinski definition) is 2. The first-order chi connectivity index (χ1) is 12.6. The van der Waals surface area contributed by atoms with Gasteiger partial charge in [-0.05, 0) is 50.8 Å². The third kappa shape index (κ3) is 5.85. The third-order valence-corrected chi connectivity index (χ3v) is 5.05. The number of aliphatic imine (C=N–C) groups is 1. The summed E-state index contributed by atoms with van der Waals surface area (Å²) < 4.78 is 2.07. The maximum atomic E-state index is 6.24. The number of aromatic nitrogens is 2. The highest BCUT2D eigenvalue weighted by molar-refractivity contribution is 14.0. The van der Waals surface area contributed by atoms with Crippen molar-refractivity contribution in [3.8, 4) is 0 Å². The summed E-state index contributed by atoms with van der Waals surface area (Å²) in [6.45, 7) is 7.80. The lowest BCUT2D eigenvalue weighted by atomic mass is 9.94. The Morgan fingerprint density at radius 3 is 2.85 bits per heavy atom. The maximum Gasteiger partial charge on any atom is 0.191 e. The highest BCUT2D eigenvalue weighted by Gasteiger charge is 2.23. The summed E-state index contributed by atoms with van der Waals surface area (Å²) in [7, 11) is 0. The summed E-state index contributed by atoms with van der Waals surface area (Å²) in [4.78, 5) is 4.71. The molecule has 7 heteroatoms. The Hall–Kier alpha value is -1.28. The molecule has 1 aliphatic carbocycles. The molecule has 1 aromatic heterocycles. The molecule has 3 rings (SSSR count). The molecule has 1 atom stereocenters. The van der Waals surface area contributed by atoms with Gasteiger partial charge in [-0.15, -0.1) is 24.0 Å². The van der Waals surface area contributed by atoms with Gasteiger partial charge in [0.15, 0.2) is 5.96 Å². The lowest BCUT2D eigenvalue weighted by molar-refractivity contribution is 0.499. The maximum absolute atomic E-state index is 6.24. The molecule has 1 aliphatic rings. The molecule has 0 amide bonds. The number of rotatable bonds is 5. The monoisotopic (exact) mass is 501 g/mol. The van der Waals surface area contributed by atoms with Crippen LogP contribution in [0.1, 0.15) is 50.1 Å². The molecule has 0 fully saturated rings. The van der Waals surface area contributed by atoms with E-state index in [2.05, 4.69) is 42.3 Å². The van der Waals surface area contributed by atoms with Gasteiger partial charge in [0.25, 0.3) is 0 Å². The molecule has 27 heavy (non-hydrogen) atoms. The number of hydrogen-bond donors (Lipinski definition) is 2. The van der Waals surface area contributed by atoms with Gasteiger partial charge < -0.3 is 10.6 Å². The number of fused-ring (bicyclic) bond motifs is 1. The number of nitrogens with zero attached hydrogens (tertiary/aromatic N) is 3. The smallest absolute Gasteiger partial charge is 0.191 e. The third-order valence-electron chi connectivity index (χ3n) is 4.68. The van der Waals surface area contributed by atoms with Crippen molar-refractivity contribution in [1.29, 1.82) is 0 Å². The van der Waals surface area contributed by atoms with Crippen LogP contribution in [0, 0.1) is 0 Å². The van der Waals surface area contributed by atoms with Gasteiger partial charge in [-0.25, -0.2) is 4.99 Å². The van der Waals surface area contributed by atoms with Crippen molar-refractivity contribution < 1.29 is 0 Å². The van der Waals surface area contributed by atoms with Crippen LogP contribution in [-0.2, 0) is 19.4 Å². The first-order valence-corrected chi connectivity index (χ1v) is 9.79. The summed E-state index contributed by atoms with van der Waals surface area (Å²) in [6, 6.07) is 8.60. The summed E-state index contributed by atoms with van der Waals surface area (Å²) in [5.74, 6) is 0.837. The van der Waals surface area contributed by atoms with Crippen molar-refractivity contribution in [3.63, 3.8) is 0 Å². The second-order valence-corrected chi connectivity index (χ2v) is 7.45. The topological polar surface area (TPSA) is 54.2 Å². The van der Waals surface area contributed by atoms with Crippen molar-refractivity contribution in [1.82, 2.24) is 20.4 Å². The van der Waals surface area contributed by atoms with Gasteiger partial charge in [-0.3, -0.25) is 4.68 Å². The number of halogens is 2. The van der Waals surface area contributed by atoms with E-state index in [-0.39, 0.29) is 24.0 Å². The quantitative estimate of drug-likeness (QED) is 0.364. The average Bonchev–Trinajstić information content (AvgIpc) is 3.05. The Morgan fingerprint density at radius 2 is 2.15 bits per heavy atom. The Labute approximate surface area is 184 Å². The fourth-order valence-corrected chi connectivity index (χ4v) is 3.40.